The van der Waals surface area contributed by atoms with Gasteiger partial charge in [0.1, 0.15) is 11.2 Å². The molecule has 5 rings (SSSR count). The first-order valence-electron chi connectivity index (χ1n) is 6.62. The van der Waals surface area contributed by atoms with E-state index in [1.807, 2.05) is 30.9 Å². The molecule has 0 N–H and O–H groups in total. The Morgan fingerprint density at radius 3 is 3.15 bits per heavy atom. The summed E-state index contributed by atoms with van der Waals surface area (Å²) in [6.07, 6.45) is 5.56. The molecule has 0 radical (unpaired) electrons. The Morgan fingerprint density at radius 1 is 1.25 bits per heavy atom. The zero-order chi connectivity index (χ0) is 13.3. The first kappa shape index (κ1) is 10.1. The van der Waals surface area contributed by atoms with Crippen molar-refractivity contribution >= 4 is 16.7 Å². The van der Waals surface area contributed by atoms with Gasteiger partial charge in [-0.2, -0.15) is 0 Å². The largest absolute Gasteiger partial charge is 0.274 e. The van der Waals surface area contributed by atoms with E-state index in [1.54, 1.807) is 0 Å². The molecule has 0 bridgehead atoms. The Labute approximate surface area is 114 Å². The van der Waals surface area contributed by atoms with Crippen molar-refractivity contribution < 1.29 is 4.57 Å². The lowest BCUT2D eigenvalue weighted by molar-refractivity contribution is -0.636. The SMILES string of the molecule is C[n+]1c2n(c3cc4ccncn4c31)Cc1cccnc1-2. The average Bonchev–Trinajstić information content (AvgIpc) is 3.10. The van der Waals surface area contributed by atoms with Crippen LogP contribution in [0.1, 0.15) is 5.56 Å². The van der Waals surface area contributed by atoms with Gasteiger partial charge in [-0.1, -0.05) is 6.07 Å². The molecule has 5 heteroatoms. The maximum absolute atomic E-state index is 4.55. The van der Waals surface area contributed by atoms with Crippen LogP contribution >= 0.6 is 0 Å². The van der Waals surface area contributed by atoms with Crippen molar-refractivity contribution in [3.63, 3.8) is 0 Å². The number of hydrogen-bond donors (Lipinski definition) is 0. The van der Waals surface area contributed by atoms with E-state index in [2.05, 4.69) is 42.7 Å². The van der Waals surface area contributed by atoms with Crippen molar-refractivity contribution in [2.45, 2.75) is 6.54 Å². The first-order chi connectivity index (χ1) is 9.84. The van der Waals surface area contributed by atoms with Crippen LogP contribution in [0.2, 0.25) is 0 Å². The highest BCUT2D eigenvalue weighted by Crippen LogP contribution is 2.32. The van der Waals surface area contributed by atoms with Crippen LogP contribution in [0.5, 0.6) is 0 Å². The molecule has 0 saturated carbocycles. The molecule has 0 atom stereocenters. The van der Waals surface area contributed by atoms with Crippen molar-refractivity contribution in [2.24, 2.45) is 7.05 Å². The molecule has 5 heterocycles. The third-order valence-electron chi connectivity index (χ3n) is 4.15. The Hall–Kier alpha value is -2.69. The highest BCUT2D eigenvalue weighted by molar-refractivity contribution is 5.82. The van der Waals surface area contributed by atoms with Crippen LogP contribution in [0, 0.1) is 0 Å². The minimum atomic E-state index is 0.889. The monoisotopic (exact) mass is 262 g/mol. The summed E-state index contributed by atoms with van der Waals surface area (Å²) < 4.78 is 6.67. The molecule has 0 spiro atoms. The van der Waals surface area contributed by atoms with E-state index in [-0.39, 0.29) is 0 Å². The fourth-order valence-corrected chi connectivity index (χ4v) is 3.31. The molecule has 1 aliphatic rings. The standard InChI is InChI=1S/C15H12N5/c1-18-14-12(7-11-4-6-16-9-20(11)14)19-8-10-3-2-5-17-13(10)15(18)19/h2-7,9H,8H2,1H3/q+1. The summed E-state index contributed by atoms with van der Waals surface area (Å²) in [6, 6.07) is 8.40. The highest BCUT2D eigenvalue weighted by Gasteiger charge is 2.33. The van der Waals surface area contributed by atoms with Crippen LogP contribution in [0.15, 0.2) is 43.0 Å². The van der Waals surface area contributed by atoms with Crippen LogP contribution in [0.25, 0.3) is 28.2 Å². The lowest BCUT2D eigenvalue weighted by atomic mass is 10.2. The normalized spacial score (nSPS) is 13.1. The van der Waals surface area contributed by atoms with Crippen molar-refractivity contribution in [1.29, 1.82) is 0 Å². The highest BCUT2D eigenvalue weighted by atomic mass is 15.2. The number of rotatable bonds is 0. The smallest absolute Gasteiger partial charge is 0.249 e. The predicted molar refractivity (Wildman–Crippen MR) is 74.2 cm³/mol. The number of nitrogens with zero attached hydrogens (tertiary/aromatic N) is 5. The van der Waals surface area contributed by atoms with Gasteiger partial charge in [-0.25, -0.2) is 23.5 Å². The predicted octanol–water partition coefficient (Wildman–Crippen LogP) is 1.54. The number of imidazole rings is 1. The molecule has 20 heavy (non-hydrogen) atoms. The van der Waals surface area contributed by atoms with Crippen LogP contribution in [0.4, 0.5) is 0 Å². The molecule has 0 fully saturated rings. The molecule has 4 aromatic rings. The molecule has 0 aliphatic carbocycles. The molecule has 0 amide bonds. The Balaban J connectivity index is 1.98. The number of hydrogen-bond acceptors (Lipinski definition) is 2. The maximum atomic E-state index is 4.55. The topological polar surface area (TPSA) is 39.0 Å². The van der Waals surface area contributed by atoms with E-state index in [4.69, 9.17) is 0 Å². The lowest BCUT2D eigenvalue weighted by Gasteiger charge is -1.96. The van der Waals surface area contributed by atoms with Gasteiger partial charge in [-0.3, -0.25) is 0 Å². The third-order valence-corrected chi connectivity index (χ3v) is 4.15. The minimum Gasteiger partial charge on any atom is -0.249 e. The fraction of sp³-hybridized carbons (Fsp3) is 0.133. The van der Waals surface area contributed by atoms with Crippen LogP contribution < -0.4 is 4.57 Å². The zero-order valence-corrected chi connectivity index (χ0v) is 11.0. The molecule has 5 nitrogen and oxygen atoms in total. The minimum absolute atomic E-state index is 0.889. The van der Waals surface area contributed by atoms with Gasteiger partial charge in [0.15, 0.2) is 11.8 Å². The number of pyridine rings is 1. The van der Waals surface area contributed by atoms with Crippen LogP contribution in [-0.4, -0.2) is 18.9 Å². The van der Waals surface area contributed by atoms with Crippen LogP contribution in [-0.2, 0) is 13.6 Å². The second kappa shape index (κ2) is 3.25. The summed E-state index contributed by atoms with van der Waals surface area (Å²) >= 11 is 0. The lowest BCUT2D eigenvalue weighted by Crippen LogP contribution is -2.30. The molecule has 0 unspecified atom stereocenters. The first-order valence-corrected chi connectivity index (χ1v) is 6.62. The Kier molecular flexibility index (Phi) is 1.65. The summed E-state index contributed by atoms with van der Waals surface area (Å²) in [5.74, 6) is 1.17. The van der Waals surface area contributed by atoms with Gasteiger partial charge in [-0.05, 0) is 12.1 Å². The molecule has 1 aliphatic heterocycles. The van der Waals surface area contributed by atoms with Gasteiger partial charge in [0.2, 0.25) is 0 Å². The maximum Gasteiger partial charge on any atom is 0.274 e. The fourth-order valence-electron chi connectivity index (χ4n) is 3.31. The number of fused-ring (bicyclic) bond motifs is 7. The van der Waals surface area contributed by atoms with Crippen molar-refractivity contribution in [1.82, 2.24) is 18.9 Å². The second-order valence-corrected chi connectivity index (χ2v) is 5.21. The summed E-state index contributed by atoms with van der Waals surface area (Å²) in [4.78, 5) is 8.78. The van der Waals surface area contributed by atoms with E-state index in [1.165, 1.54) is 28.1 Å². The molecular formula is C15H12N5+. The van der Waals surface area contributed by atoms with Crippen LogP contribution in [0.3, 0.4) is 0 Å². The van der Waals surface area contributed by atoms with E-state index in [0.717, 1.165) is 12.2 Å². The van der Waals surface area contributed by atoms with Crippen molar-refractivity contribution in [2.75, 3.05) is 0 Å². The van der Waals surface area contributed by atoms with E-state index >= 15 is 0 Å². The Bertz CT molecular complexity index is 992. The van der Waals surface area contributed by atoms with Gasteiger partial charge in [-0.15, -0.1) is 0 Å². The van der Waals surface area contributed by atoms with Gasteiger partial charge in [0, 0.05) is 24.0 Å². The second-order valence-electron chi connectivity index (χ2n) is 5.21. The van der Waals surface area contributed by atoms with Gasteiger partial charge >= 0.3 is 0 Å². The van der Waals surface area contributed by atoms with Crippen molar-refractivity contribution in [3.8, 4) is 11.5 Å². The summed E-state index contributed by atoms with van der Waals surface area (Å²) in [7, 11) is 2.09. The van der Waals surface area contributed by atoms with Gasteiger partial charge in [0.25, 0.3) is 11.5 Å². The van der Waals surface area contributed by atoms with Gasteiger partial charge < -0.3 is 0 Å². The molecule has 0 saturated heterocycles. The number of aromatic nitrogens is 5. The average molecular weight is 262 g/mol. The summed E-state index contributed by atoms with van der Waals surface area (Å²) in [6.45, 7) is 0.889. The van der Waals surface area contributed by atoms with E-state index in [9.17, 15) is 0 Å². The van der Waals surface area contributed by atoms with E-state index in [0.29, 0.717) is 0 Å². The molecule has 4 aromatic heterocycles. The van der Waals surface area contributed by atoms with E-state index < -0.39 is 0 Å². The Morgan fingerprint density at radius 2 is 2.20 bits per heavy atom. The summed E-state index contributed by atoms with van der Waals surface area (Å²) in [5, 5.41) is 0. The molecule has 96 valence electrons. The van der Waals surface area contributed by atoms with Gasteiger partial charge in [0.05, 0.1) is 13.6 Å². The molecular weight excluding hydrogens is 250 g/mol. The summed E-state index contributed by atoms with van der Waals surface area (Å²) in [5.41, 5.74) is 5.94. The molecule has 0 aromatic carbocycles. The zero-order valence-electron chi connectivity index (χ0n) is 11.0. The third kappa shape index (κ3) is 1.02. The van der Waals surface area contributed by atoms with Crippen molar-refractivity contribution in [3.05, 3.63) is 48.5 Å². The quantitative estimate of drug-likeness (QED) is 0.397. The number of aryl methyl sites for hydroxylation is 1.